The number of nitrogens with zero attached hydrogens (tertiary/aromatic N) is 5. The van der Waals surface area contributed by atoms with Crippen molar-refractivity contribution in [1.29, 1.82) is 0 Å². The Morgan fingerprint density at radius 3 is 2.93 bits per heavy atom. The lowest BCUT2D eigenvalue weighted by Gasteiger charge is -2.24. The third-order valence-corrected chi connectivity index (χ3v) is 7.23. The first kappa shape index (κ1) is 18.1. The fourth-order valence-corrected chi connectivity index (χ4v) is 5.75. The zero-order valence-corrected chi connectivity index (χ0v) is 16.1. The highest BCUT2D eigenvalue weighted by Gasteiger charge is 2.36. The summed E-state index contributed by atoms with van der Waals surface area (Å²) in [6.45, 7) is 3.42. The highest BCUT2D eigenvalue weighted by molar-refractivity contribution is 7.89. The molecule has 1 aliphatic rings. The summed E-state index contributed by atoms with van der Waals surface area (Å²) in [5, 5.41) is 8.97. The predicted octanol–water partition coefficient (Wildman–Crippen LogP) is 2.63. The number of hydrogen-bond acceptors (Lipinski definition) is 5. The number of aromatic nitrogens is 4. The Bertz CT molecular complexity index is 1040. The average molecular weight is 385 g/mol. The molecule has 1 saturated heterocycles. The number of aryl methyl sites for hydroxylation is 2. The molecule has 0 saturated carbocycles. The summed E-state index contributed by atoms with van der Waals surface area (Å²) in [4.78, 5) is 4.62. The fourth-order valence-electron chi connectivity index (χ4n) is 3.86. The third kappa shape index (κ3) is 3.35. The van der Waals surface area contributed by atoms with Crippen LogP contribution in [0.4, 0.5) is 0 Å². The molecule has 4 rings (SSSR count). The van der Waals surface area contributed by atoms with Gasteiger partial charge in [-0.3, -0.25) is 4.98 Å². The van der Waals surface area contributed by atoms with E-state index in [4.69, 9.17) is 0 Å². The van der Waals surface area contributed by atoms with Crippen LogP contribution in [0.2, 0.25) is 0 Å². The van der Waals surface area contributed by atoms with E-state index in [1.54, 1.807) is 29.0 Å². The van der Waals surface area contributed by atoms with Gasteiger partial charge >= 0.3 is 0 Å². The molecule has 0 amide bonds. The zero-order chi connectivity index (χ0) is 18.9. The molecule has 1 unspecified atom stereocenters. The molecule has 0 aliphatic carbocycles. The van der Waals surface area contributed by atoms with Gasteiger partial charge in [-0.1, -0.05) is 18.2 Å². The van der Waals surface area contributed by atoms with E-state index < -0.39 is 10.0 Å². The van der Waals surface area contributed by atoms with E-state index in [2.05, 4.69) is 15.2 Å². The van der Waals surface area contributed by atoms with Crippen molar-refractivity contribution in [3.05, 3.63) is 48.7 Å². The first-order chi connectivity index (χ1) is 13.1. The Hall–Kier alpha value is -2.32. The summed E-state index contributed by atoms with van der Waals surface area (Å²) in [6.07, 6.45) is 6.58. The first-order valence-corrected chi connectivity index (χ1v) is 10.8. The number of fused-ring (bicyclic) bond motifs is 1. The molecule has 7 nitrogen and oxygen atoms in total. The minimum atomic E-state index is -3.59. The van der Waals surface area contributed by atoms with Gasteiger partial charge in [0.1, 0.15) is 17.0 Å². The van der Waals surface area contributed by atoms with Gasteiger partial charge in [0.15, 0.2) is 0 Å². The summed E-state index contributed by atoms with van der Waals surface area (Å²) < 4.78 is 30.5. The first-order valence-electron chi connectivity index (χ1n) is 9.33. The van der Waals surface area contributed by atoms with Gasteiger partial charge in [0.25, 0.3) is 0 Å². The maximum Gasteiger partial charge on any atom is 0.245 e. The normalized spacial score (nSPS) is 18.3. The standard InChI is InChI=1S/C19H23N5O2S/c1-2-23-14-21-22-18(23)11-10-16-8-5-13-24(16)27(25,26)17-9-3-6-15-7-4-12-20-19(15)17/h3-4,6-7,9,12,14,16H,2,5,8,10-11,13H2,1H3. The molecule has 0 bridgehead atoms. The number of pyridine rings is 1. The van der Waals surface area contributed by atoms with Gasteiger partial charge in [0, 0.05) is 37.1 Å². The molecule has 3 aromatic rings. The molecule has 1 atom stereocenters. The molecule has 1 aromatic carbocycles. The quantitative estimate of drug-likeness (QED) is 0.652. The number of hydrogen-bond donors (Lipinski definition) is 0. The molecular weight excluding hydrogens is 362 g/mol. The summed E-state index contributed by atoms with van der Waals surface area (Å²) >= 11 is 0. The smallest absolute Gasteiger partial charge is 0.245 e. The SMILES string of the molecule is CCn1cnnc1CCC1CCCN1S(=O)(=O)c1cccc2cccnc12. The van der Waals surface area contributed by atoms with Crippen LogP contribution in [0.15, 0.2) is 47.8 Å². The van der Waals surface area contributed by atoms with Crippen LogP contribution in [0.1, 0.15) is 32.0 Å². The van der Waals surface area contributed by atoms with Crippen molar-refractivity contribution in [2.24, 2.45) is 0 Å². The zero-order valence-electron chi connectivity index (χ0n) is 15.3. The van der Waals surface area contributed by atoms with Crippen molar-refractivity contribution >= 4 is 20.9 Å². The lowest BCUT2D eigenvalue weighted by molar-refractivity contribution is 0.367. The van der Waals surface area contributed by atoms with Gasteiger partial charge in [-0.15, -0.1) is 10.2 Å². The van der Waals surface area contributed by atoms with Gasteiger partial charge in [-0.2, -0.15) is 4.31 Å². The molecule has 1 fully saturated rings. The predicted molar refractivity (Wildman–Crippen MR) is 103 cm³/mol. The fraction of sp³-hybridized carbons (Fsp3) is 0.421. The molecule has 27 heavy (non-hydrogen) atoms. The number of sulfonamides is 1. The van der Waals surface area contributed by atoms with E-state index in [0.29, 0.717) is 17.0 Å². The average Bonchev–Trinajstić information content (AvgIpc) is 3.34. The van der Waals surface area contributed by atoms with Crippen LogP contribution in [0.3, 0.4) is 0 Å². The number of para-hydroxylation sites is 1. The minimum absolute atomic E-state index is 0.0176. The Morgan fingerprint density at radius 2 is 2.07 bits per heavy atom. The third-order valence-electron chi connectivity index (χ3n) is 5.24. The van der Waals surface area contributed by atoms with Crippen LogP contribution in [0.5, 0.6) is 0 Å². The van der Waals surface area contributed by atoms with E-state index in [9.17, 15) is 8.42 Å². The van der Waals surface area contributed by atoms with Crippen LogP contribution in [0.25, 0.3) is 10.9 Å². The summed E-state index contributed by atoms with van der Waals surface area (Å²) in [6, 6.07) is 9.03. The Kier molecular flexibility index (Phi) is 4.92. The molecule has 3 heterocycles. The van der Waals surface area contributed by atoms with Crippen molar-refractivity contribution in [2.75, 3.05) is 6.54 Å². The lowest BCUT2D eigenvalue weighted by atomic mass is 10.1. The van der Waals surface area contributed by atoms with Crippen LogP contribution in [0, 0.1) is 0 Å². The van der Waals surface area contributed by atoms with Crippen molar-refractivity contribution in [3.63, 3.8) is 0 Å². The van der Waals surface area contributed by atoms with Gasteiger partial charge in [0.2, 0.25) is 10.0 Å². The number of rotatable bonds is 6. The minimum Gasteiger partial charge on any atom is -0.318 e. The summed E-state index contributed by atoms with van der Waals surface area (Å²) in [5.41, 5.74) is 0.538. The van der Waals surface area contributed by atoms with E-state index in [-0.39, 0.29) is 6.04 Å². The maximum atomic E-state index is 13.4. The second-order valence-corrected chi connectivity index (χ2v) is 8.67. The van der Waals surface area contributed by atoms with Crippen molar-refractivity contribution < 1.29 is 8.42 Å². The highest BCUT2D eigenvalue weighted by Crippen LogP contribution is 2.31. The van der Waals surface area contributed by atoms with Gasteiger partial charge in [-0.05, 0) is 38.3 Å². The molecule has 2 aromatic heterocycles. The van der Waals surface area contributed by atoms with E-state index in [1.165, 1.54) is 0 Å². The van der Waals surface area contributed by atoms with Crippen LogP contribution in [-0.4, -0.2) is 45.1 Å². The second kappa shape index (κ2) is 7.36. The molecule has 0 radical (unpaired) electrons. The molecule has 8 heteroatoms. The van der Waals surface area contributed by atoms with Crippen molar-refractivity contribution in [3.8, 4) is 0 Å². The lowest BCUT2D eigenvalue weighted by Crippen LogP contribution is -2.36. The molecule has 0 N–H and O–H groups in total. The Balaban J connectivity index is 1.60. The van der Waals surface area contributed by atoms with Crippen LogP contribution < -0.4 is 0 Å². The molecular formula is C19H23N5O2S. The van der Waals surface area contributed by atoms with Crippen molar-refractivity contribution in [2.45, 2.75) is 50.1 Å². The van der Waals surface area contributed by atoms with Gasteiger partial charge in [0.05, 0.1) is 5.52 Å². The van der Waals surface area contributed by atoms with E-state index in [0.717, 1.165) is 43.4 Å². The summed E-state index contributed by atoms with van der Waals surface area (Å²) in [7, 11) is -3.59. The monoisotopic (exact) mass is 385 g/mol. The second-order valence-electron chi connectivity index (χ2n) is 6.81. The maximum absolute atomic E-state index is 13.4. The van der Waals surface area contributed by atoms with E-state index >= 15 is 0 Å². The van der Waals surface area contributed by atoms with Crippen LogP contribution in [-0.2, 0) is 23.0 Å². The Labute approximate surface area is 159 Å². The van der Waals surface area contributed by atoms with Crippen molar-refractivity contribution in [1.82, 2.24) is 24.1 Å². The number of benzene rings is 1. The highest BCUT2D eigenvalue weighted by atomic mass is 32.2. The Morgan fingerprint density at radius 1 is 1.22 bits per heavy atom. The van der Waals surface area contributed by atoms with Crippen LogP contribution >= 0.6 is 0 Å². The van der Waals surface area contributed by atoms with E-state index in [1.807, 2.05) is 29.7 Å². The van der Waals surface area contributed by atoms with Gasteiger partial charge < -0.3 is 4.57 Å². The molecule has 142 valence electrons. The largest absolute Gasteiger partial charge is 0.318 e. The van der Waals surface area contributed by atoms with Gasteiger partial charge in [-0.25, -0.2) is 8.42 Å². The molecule has 0 spiro atoms. The molecule has 1 aliphatic heterocycles. The summed E-state index contributed by atoms with van der Waals surface area (Å²) in [5.74, 6) is 0.911. The topological polar surface area (TPSA) is 81.0 Å².